The predicted octanol–water partition coefficient (Wildman–Crippen LogP) is 3.63. The fraction of sp³-hybridized carbons (Fsp3) is 0. The molecule has 5 heteroatoms. The summed E-state index contributed by atoms with van der Waals surface area (Å²) in [4.78, 5) is 11.8. The van der Waals surface area contributed by atoms with E-state index in [9.17, 15) is 4.79 Å². The van der Waals surface area contributed by atoms with E-state index in [1.165, 1.54) is 0 Å². The van der Waals surface area contributed by atoms with Gasteiger partial charge in [0.15, 0.2) is 0 Å². The first kappa shape index (κ1) is 19.8. The number of anilines is 1. The number of carbonyl (C=O) groups excluding carboxylic acids is 1. The summed E-state index contributed by atoms with van der Waals surface area (Å²) < 4.78 is 0.714. The quantitative estimate of drug-likeness (QED) is 0.587. The molecule has 0 aliphatic heterocycles. The molecule has 1 aromatic carbocycles. The fourth-order valence-electron chi connectivity index (χ4n) is 1.64. The van der Waals surface area contributed by atoms with Crippen LogP contribution in [0.25, 0.3) is 0 Å². The van der Waals surface area contributed by atoms with Crippen molar-refractivity contribution in [3.63, 3.8) is 0 Å². The third-order valence-corrected chi connectivity index (χ3v) is 4.68. The second kappa shape index (κ2) is 11.3. The minimum absolute atomic E-state index is 0. The Bertz CT molecular complexity index is 640. The normalized spacial score (nSPS) is 13.7. The molecular weight excluding hydrogens is 413 g/mol. The summed E-state index contributed by atoms with van der Waals surface area (Å²) in [6, 6.07) is 9.65. The molecule has 1 N–H and O–H groups in total. The molecule has 0 heterocycles. The molecule has 0 unspecified atom stereocenters. The molecule has 1 aromatic rings. The molecule has 0 saturated heterocycles. The van der Waals surface area contributed by atoms with Gasteiger partial charge in [0.25, 0.3) is 0 Å². The van der Waals surface area contributed by atoms with Gasteiger partial charge in [0, 0.05) is 23.5 Å². The monoisotopic (exact) mass is 429 g/mol. The van der Waals surface area contributed by atoms with E-state index in [4.69, 9.17) is 12.2 Å². The molecule has 0 amide bonds. The number of benzene rings is 1. The largest absolute Gasteiger partial charge is 0.0767 e. The van der Waals surface area contributed by atoms with E-state index in [-0.39, 0.29) is 36.7 Å². The van der Waals surface area contributed by atoms with Crippen molar-refractivity contribution in [1.82, 2.24) is 0 Å². The summed E-state index contributed by atoms with van der Waals surface area (Å²) in [5.74, 6) is 0. The summed E-state index contributed by atoms with van der Waals surface area (Å²) in [7, 11) is 0. The Kier molecular flexibility index (Phi) is 9.77. The van der Waals surface area contributed by atoms with Gasteiger partial charge in [0.1, 0.15) is 0 Å². The van der Waals surface area contributed by atoms with Crippen LogP contribution in [0.1, 0.15) is 0 Å². The molecule has 0 saturated carbocycles. The Morgan fingerprint density at radius 3 is 2.17 bits per heavy atom. The van der Waals surface area contributed by atoms with E-state index in [1.807, 2.05) is 85.7 Å². The molecule has 0 aromatic heterocycles. The van der Waals surface area contributed by atoms with E-state index in [2.05, 4.69) is 5.32 Å². The Balaban J connectivity index is 0.000000377. The minimum Gasteiger partial charge on any atom is -0.0767 e. The molecule has 23 heavy (non-hydrogen) atoms. The van der Waals surface area contributed by atoms with Crippen LogP contribution in [0.4, 0.5) is 5.69 Å². The van der Waals surface area contributed by atoms with Crippen molar-refractivity contribution in [2.45, 2.75) is 0 Å². The van der Waals surface area contributed by atoms with Crippen molar-refractivity contribution in [3.8, 4) is 0 Å². The molecule has 118 valence electrons. The van der Waals surface area contributed by atoms with Gasteiger partial charge in [-0.1, -0.05) is 24.3 Å². The van der Waals surface area contributed by atoms with Gasteiger partial charge in [-0.3, -0.25) is 0 Å². The molecular formula is C18H15FeNOSSe. The predicted molar refractivity (Wildman–Crippen MR) is 97.5 cm³/mol. The van der Waals surface area contributed by atoms with E-state index in [1.54, 1.807) is 0 Å². The minimum atomic E-state index is -0.348. The summed E-state index contributed by atoms with van der Waals surface area (Å²) in [6.45, 7) is 0. The van der Waals surface area contributed by atoms with Crippen LogP contribution in [0.15, 0.2) is 78.4 Å². The van der Waals surface area contributed by atoms with Gasteiger partial charge in [-0.15, -0.1) is 0 Å². The van der Waals surface area contributed by atoms with Gasteiger partial charge >= 0.3 is 112 Å². The van der Waals surface area contributed by atoms with Crippen molar-refractivity contribution >= 4 is 41.4 Å². The second-order valence-corrected chi connectivity index (χ2v) is 7.36. The topological polar surface area (TPSA) is 29.1 Å². The van der Waals surface area contributed by atoms with Gasteiger partial charge in [-0.2, -0.15) is 0 Å². The zero-order valence-corrected chi connectivity index (χ0v) is 15.8. The number of hydrogen-bond acceptors (Lipinski definition) is 2. The van der Waals surface area contributed by atoms with Crippen LogP contribution in [-0.2, 0) is 21.9 Å². The summed E-state index contributed by atoms with van der Waals surface area (Å²) in [6.07, 6.45) is 17.3. The van der Waals surface area contributed by atoms with Crippen LogP contribution < -0.4 is 5.32 Å². The van der Waals surface area contributed by atoms with Gasteiger partial charge in [-0.05, 0) is 0 Å². The van der Waals surface area contributed by atoms with Gasteiger partial charge in [0.05, 0.1) is 0 Å². The summed E-state index contributed by atoms with van der Waals surface area (Å²) in [5, 5.41) is 3.07. The van der Waals surface area contributed by atoms with E-state index < -0.39 is 0 Å². The molecule has 0 atom stereocenters. The van der Waals surface area contributed by atoms with Gasteiger partial charge < -0.3 is 0 Å². The first-order valence-electron chi connectivity index (χ1n) is 6.72. The number of rotatable bonds is 4. The SMILES string of the molecule is O=C([Se]C(=S)Nc1ccccc1)C1=C[CH]C=C1.[CH]1C=CC=C1.[Fe]. The first-order valence-corrected chi connectivity index (χ1v) is 8.84. The molecule has 0 bridgehead atoms. The average molecular weight is 428 g/mol. The van der Waals surface area contributed by atoms with Crippen LogP contribution in [0.5, 0.6) is 0 Å². The van der Waals surface area contributed by atoms with E-state index in [0.29, 0.717) is 3.89 Å². The number of allylic oxidation sites excluding steroid dienone is 8. The van der Waals surface area contributed by atoms with Crippen LogP contribution >= 0.6 is 12.2 Å². The summed E-state index contributed by atoms with van der Waals surface area (Å²) >= 11 is 4.83. The van der Waals surface area contributed by atoms with Gasteiger partial charge in [0.2, 0.25) is 0 Å². The average Bonchev–Trinajstić information content (AvgIpc) is 3.24. The fourth-order valence-corrected chi connectivity index (χ4v) is 3.39. The maximum atomic E-state index is 11.8. The van der Waals surface area contributed by atoms with Gasteiger partial charge in [-0.25, -0.2) is 0 Å². The third-order valence-electron chi connectivity index (χ3n) is 2.66. The molecule has 0 fully saturated rings. The zero-order chi connectivity index (χ0) is 15.6. The molecule has 3 rings (SSSR count). The smallest absolute Gasteiger partial charge is 0.00506 e. The first-order chi connectivity index (χ1) is 10.8. The van der Waals surface area contributed by atoms with E-state index >= 15 is 0 Å². The van der Waals surface area contributed by atoms with E-state index in [0.717, 1.165) is 11.3 Å². The van der Waals surface area contributed by atoms with Crippen LogP contribution in [-0.4, -0.2) is 23.5 Å². The number of thiocarbonyl (C=S) groups is 1. The Hall–Kier alpha value is -1.22. The van der Waals surface area contributed by atoms with Crippen molar-refractivity contribution in [2.75, 3.05) is 5.32 Å². The van der Waals surface area contributed by atoms with Crippen molar-refractivity contribution in [3.05, 3.63) is 91.3 Å². The van der Waals surface area contributed by atoms with Crippen molar-refractivity contribution in [2.24, 2.45) is 0 Å². The number of carbonyl (C=O) groups is 1. The number of hydrogen-bond donors (Lipinski definition) is 1. The molecule has 2 aliphatic rings. The number of para-hydroxylation sites is 1. The molecule has 2 radical (unpaired) electrons. The maximum Gasteiger partial charge on any atom is 0.00506 e. The Labute approximate surface area is 159 Å². The number of nitrogens with one attached hydrogen (secondary N) is 1. The van der Waals surface area contributed by atoms with Crippen LogP contribution in [0, 0.1) is 12.8 Å². The Morgan fingerprint density at radius 2 is 1.65 bits per heavy atom. The molecule has 2 nitrogen and oxygen atoms in total. The second-order valence-electron chi connectivity index (χ2n) is 4.30. The third kappa shape index (κ3) is 7.73. The summed E-state index contributed by atoms with van der Waals surface area (Å²) in [5.41, 5.74) is 1.66. The van der Waals surface area contributed by atoms with Crippen molar-refractivity contribution < 1.29 is 21.9 Å². The maximum absolute atomic E-state index is 11.8. The van der Waals surface area contributed by atoms with Crippen molar-refractivity contribution in [1.29, 1.82) is 0 Å². The molecule has 2 aliphatic carbocycles. The molecule has 0 spiro atoms. The van der Waals surface area contributed by atoms with Crippen LogP contribution in [0.3, 0.4) is 0 Å². The standard InChI is InChI=1S/C13H10NOSSe.C5H5.Fe/c15-12(10-6-4-5-7-10)17-13(16)14-11-8-2-1-3-9-11;1-2-4-5-3-1;/h1-9H,(H,14,16);1-5H;. The zero-order valence-electron chi connectivity index (χ0n) is 12.2. The Morgan fingerprint density at radius 1 is 0.957 bits per heavy atom. The van der Waals surface area contributed by atoms with Crippen LogP contribution in [0.2, 0.25) is 0 Å².